The molecule has 0 aliphatic rings. The van der Waals surface area contributed by atoms with E-state index in [2.05, 4.69) is 12.2 Å². The summed E-state index contributed by atoms with van der Waals surface area (Å²) in [6, 6.07) is 3.03. The van der Waals surface area contributed by atoms with Crippen LogP contribution in [0.2, 0.25) is 0 Å². The predicted octanol–water partition coefficient (Wildman–Crippen LogP) is 1.77. The summed E-state index contributed by atoms with van der Waals surface area (Å²) < 4.78 is 52.2. The lowest BCUT2D eigenvalue weighted by atomic mass is 10.3. The van der Waals surface area contributed by atoms with Crippen LogP contribution in [-0.2, 0) is 10.0 Å². The fourth-order valence-electron chi connectivity index (χ4n) is 1.38. The molecule has 1 aromatic rings. The number of benzene rings is 1. The average Bonchev–Trinajstić information content (AvgIpc) is 2.23. The molecule has 1 rings (SSSR count). The van der Waals surface area contributed by atoms with Crippen LogP contribution in [0.25, 0.3) is 0 Å². The molecule has 18 heavy (non-hydrogen) atoms. The summed E-state index contributed by atoms with van der Waals surface area (Å²) in [6.45, 7) is 1.56. The second kappa shape index (κ2) is 5.57. The first-order valence-electron chi connectivity index (χ1n) is 5.04. The van der Waals surface area contributed by atoms with Crippen LogP contribution in [0.3, 0.4) is 0 Å². The smallest absolute Gasteiger partial charge is 0.242 e. The Morgan fingerprint density at radius 2 is 1.94 bits per heavy atom. The van der Waals surface area contributed by atoms with Crippen molar-refractivity contribution < 1.29 is 17.2 Å². The highest BCUT2D eigenvalue weighted by Crippen LogP contribution is 2.21. The number of nitrogens with one attached hydrogen (secondary N) is 1. The van der Waals surface area contributed by atoms with Crippen molar-refractivity contribution in [1.82, 2.24) is 0 Å². The summed E-state index contributed by atoms with van der Waals surface area (Å²) in [5.41, 5.74) is 4.56. The van der Waals surface area contributed by atoms with E-state index < -0.39 is 32.6 Å². The van der Waals surface area contributed by atoms with Crippen molar-refractivity contribution in [2.45, 2.75) is 18.6 Å². The monoisotopic (exact) mass is 294 g/mol. The van der Waals surface area contributed by atoms with Gasteiger partial charge in [-0.25, -0.2) is 17.2 Å². The highest BCUT2D eigenvalue weighted by molar-refractivity contribution is 7.95. The number of hydrogen-bond acceptors (Lipinski definition) is 3. The van der Waals surface area contributed by atoms with Gasteiger partial charge in [0.1, 0.15) is 22.6 Å². The van der Waals surface area contributed by atoms with Crippen LogP contribution in [0.15, 0.2) is 18.2 Å². The Bertz CT molecular complexity index is 541. The third kappa shape index (κ3) is 3.14. The lowest BCUT2D eigenvalue weighted by molar-refractivity contribution is 0.580. The first-order chi connectivity index (χ1) is 8.29. The highest BCUT2D eigenvalue weighted by Gasteiger charge is 2.28. The molecule has 0 heterocycles. The molecule has 0 saturated heterocycles. The standard InChI is InChI=1S/C10H12F2N2O2S2/c1-2-8(10(13)17)18(15,16)14-9-6(11)4-3-5-7(9)12/h3-5,8,14H,2H2,1H3,(H2,13,17). The molecule has 1 unspecified atom stereocenters. The zero-order chi connectivity index (χ0) is 13.9. The topological polar surface area (TPSA) is 72.2 Å². The molecule has 8 heteroatoms. The number of thiocarbonyl (C=S) groups is 1. The number of nitrogens with two attached hydrogens (primary N) is 1. The van der Waals surface area contributed by atoms with E-state index in [1.165, 1.54) is 0 Å². The largest absolute Gasteiger partial charge is 0.392 e. The lowest BCUT2D eigenvalue weighted by Crippen LogP contribution is -2.38. The van der Waals surface area contributed by atoms with Gasteiger partial charge in [-0.05, 0) is 18.6 Å². The van der Waals surface area contributed by atoms with Gasteiger partial charge >= 0.3 is 0 Å². The van der Waals surface area contributed by atoms with Gasteiger partial charge in [-0.2, -0.15) is 0 Å². The van der Waals surface area contributed by atoms with E-state index in [1.54, 1.807) is 6.92 Å². The van der Waals surface area contributed by atoms with Crippen molar-refractivity contribution in [2.24, 2.45) is 5.73 Å². The maximum atomic E-state index is 13.3. The number of para-hydroxylation sites is 1. The number of hydrogen-bond donors (Lipinski definition) is 2. The molecule has 0 spiro atoms. The number of sulfonamides is 1. The predicted molar refractivity (Wildman–Crippen MR) is 69.8 cm³/mol. The molecule has 3 N–H and O–H groups in total. The summed E-state index contributed by atoms with van der Waals surface area (Å²) in [5.74, 6) is -2.01. The van der Waals surface area contributed by atoms with Crippen LogP contribution in [-0.4, -0.2) is 18.7 Å². The van der Waals surface area contributed by atoms with Gasteiger partial charge in [-0.1, -0.05) is 25.2 Å². The van der Waals surface area contributed by atoms with Gasteiger partial charge in [0.05, 0.1) is 4.99 Å². The number of rotatable bonds is 5. The fraction of sp³-hybridized carbons (Fsp3) is 0.300. The molecular weight excluding hydrogens is 282 g/mol. The average molecular weight is 294 g/mol. The van der Waals surface area contributed by atoms with Gasteiger partial charge in [-0.3, -0.25) is 4.72 Å². The maximum Gasteiger partial charge on any atom is 0.242 e. The van der Waals surface area contributed by atoms with Gasteiger partial charge in [0.15, 0.2) is 0 Å². The molecule has 0 bridgehead atoms. The maximum absolute atomic E-state index is 13.3. The van der Waals surface area contributed by atoms with Crippen LogP contribution >= 0.6 is 12.2 Å². The van der Waals surface area contributed by atoms with E-state index in [-0.39, 0.29) is 11.4 Å². The van der Waals surface area contributed by atoms with E-state index in [0.717, 1.165) is 18.2 Å². The highest BCUT2D eigenvalue weighted by atomic mass is 32.2. The minimum absolute atomic E-state index is 0.112. The van der Waals surface area contributed by atoms with Gasteiger partial charge in [0, 0.05) is 0 Å². The van der Waals surface area contributed by atoms with Crippen molar-refractivity contribution in [3.8, 4) is 0 Å². The Balaban J connectivity index is 3.14. The number of anilines is 1. The van der Waals surface area contributed by atoms with E-state index in [1.807, 2.05) is 4.72 Å². The summed E-state index contributed by atoms with van der Waals surface area (Å²) in [5, 5.41) is -1.17. The summed E-state index contributed by atoms with van der Waals surface area (Å²) in [7, 11) is -4.07. The Morgan fingerprint density at radius 1 is 1.44 bits per heavy atom. The van der Waals surface area contributed by atoms with Crippen LogP contribution < -0.4 is 10.5 Å². The van der Waals surface area contributed by atoms with Gasteiger partial charge in [0.25, 0.3) is 0 Å². The molecule has 1 aromatic carbocycles. The molecule has 0 amide bonds. The van der Waals surface area contributed by atoms with Crippen molar-refractivity contribution in [3.63, 3.8) is 0 Å². The van der Waals surface area contributed by atoms with E-state index in [4.69, 9.17) is 5.73 Å². The zero-order valence-corrected chi connectivity index (χ0v) is 11.1. The molecule has 4 nitrogen and oxygen atoms in total. The molecule has 100 valence electrons. The first kappa shape index (κ1) is 14.8. The minimum Gasteiger partial charge on any atom is -0.392 e. The molecule has 0 saturated carbocycles. The van der Waals surface area contributed by atoms with Crippen molar-refractivity contribution >= 4 is 32.9 Å². The molecule has 0 aliphatic carbocycles. The Morgan fingerprint density at radius 3 is 2.33 bits per heavy atom. The second-order valence-corrected chi connectivity index (χ2v) is 5.88. The number of halogens is 2. The second-order valence-electron chi connectivity index (χ2n) is 3.54. The quantitative estimate of drug-likeness (QED) is 0.812. The third-order valence-electron chi connectivity index (χ3n) is 2.27. The molecule has 0 aliphatic heterocycles. The van der Waals surface area contributed by atoms with Gasteiger partial charge in [-0.15, -0.1) is 0 Å². The van der Waals surface area contributed by atoms with E-state index in [0.29, 0.717) is 0 Å². The minimum atomic E-state index is -4.07. The molecule has 0 aromatic heterocycles. The van der Waals surface area contributed by atoms with Crippen molar-refractivity contribution in [1.29, 1.82) is 0 Å². The Labute approximate surface area is 109 Å². The zero-order valence-electron chi connectivity index (χ0n) is 9.48. The van der Waals surface area contributed by atoms with Crippen molar-refractivity contribution in [2.75, 3.05) is 4.72 Å². The molecule has 0 radical (unpaired) electrons. The Kier molecular flexibility index (Phi) is 4.58. The van der Waals surface area contributed by atoms with E-state index >= 15 is 0 Å². The van der Waals surface area contributed by atoms with Crippen LogP contribution in [0.1, 0.15) is 13.3 Å². The van der Waals surface area contributed by atoms with Crippen LogP contribution in [0, 0.1) is 11.6 Å². The van der Waals surface area contributed by atoms with Gasteiger partial charge < -0.3 is 5.73 Å². The van der Waals surface area contributed by atoms with Crippen LogP contribution in [0.5, 0.6) is 0 Å². The summed E-state index contributed by atoms with van der Waals surface area (Å²) in [6.07, 6.45) is 0.112. The molecule has 0 fully saturated rings. The Hall–Kier alpha value is -1.28. The van der Waals surface area contributed by atoms with E-state index in [9.17, 15) is 17.2 Å². The molecular formula is C10H12F2N2O2S2. The molecule has 1 atom stereocenters. The van der Waals surface area contributed by atoms with Gasteiger partial charge in [0.2, 0.25) is 10.0 Å². The summed E-state index contributed by atoms with van der Waals surface area (Å²) >= 11 is 4.62. The first-order valence-corrected chi connectivity index (χ1v) is 7.00. The summed E-state index contributed by atoms with van der Waals surface area (Å²) in [4.78, 5) is -0.248. The van der Waals surface area contributed by atoms with Crippen molar-refractivity contribution in [3.05, 3.63) is 29.8 Å². The third-order valence-corrected chi connectivity index (χ3v) is 4.53. The lowest BCUT2D eigenvalue weighted by Gasteiger charge is -2.16. The SMILES string of the molecule is CCC(C(N)=S)S(=O)(=O)Nc1c(F)cccc1F. The van der Waals surface area contributed by atoms with Crippen LogP contribution in [0.4, 0.5) is 14.5 Å². The fourth-order valence-corrected chi connectivity index (χ4v) is 3.30. The normalized spacial score (nSPS) is 13.1.